The van der Waals surface area contributed by atoms with E-state index >= 15 is 0 Å². The van der Waals surface area contributed by atoms with Crippen molar-refractivity contribution in [2.75, 3.05) is 11.6 Å². The number of amides is 1. The molecule has 0 aliphatic rings. The molecule has 0 aliphatic heterocycles. The van der Waals surface area contributed by atoms with Gasteiger partial charge in [-0.1, -0.05) is 12.1 Å². The van der Waals surface area contributed by atoms with Gasteiger partial charge in [0.1, 0.15) is 6.54 Å². The topological polar surface area (TPSA) is 81.1 Å². The predicted octanol–water partition coefficient (Wildman–Crippen LogP) is 2.08. The van der Waals surface area contributed by atoms with Crippen LogP contribution in [0.4, 0.5) is 5.69 Å². The second kappa shape index (κ2) is 5.85. The number of benzene rings is 2. The Morgan fingerprint density at radius 2 is 1.83 bits per heavy atom. The number of hydrogen-bond donors (Lipinski definition) is 1. The molecule has 0 radical (unpaired) electrons. The number of imidazole rings is 1. The Hall–Kier alpha value is -2.67. The molecule has 118 valence electrons. The van der Waals surface area contributed by atoms with E-state index in [1.165, 1.54) is 12.1 Å². The van der Waals surface area contributed by atoms with E-state index in [9.17, 15) is 13.2 Å². The molecule has 3 aromatic rings. The second-order valence-electron chi connectivity index (χ2n) is 5.21. The zero-order valence-corrected chi connectivity index (χ0v) is 13.2. The number of aromatic nitrogens is 2. The molecule has 0 fully saturated rings. The van der Waals surface area contributed by atoms with Gasteiger partial charge in [-0.05, 0) is 36.4 Å². The zero-order valence-electron chi connectivity index (χ0n) is 12.4. The van der Waals surface area contributed by atoms with E-state index in [1.54, 1.807) is 23.0 Å². The van der Waals surface area contributed by atoms with Gasteiger partial charge in [0, 0.05) is 11.9 Å². The van der Waals surface area contributed by atoms with Crippen LogP contribution in [0.25, 0.3) is 11.0 Å². The molecule has 1 heterocycles. The van der Waals surface area contributed by atoms with Crippen LogP contribution < -0.4 is 5.32 Å². The second-order valence-corrected chi connectivity index (χ2v) is 7.22. The van der Waals surface area contributed by atoms with Crippen molar-refractivity contribution >= 4 is 32.5 Å². The van der Waals surface area contributed by atoms with Crippen molar-refractivity contribution in [3.05, 3.63) is 54.9 Å². The minimum absolute atomic E-state index is 0.133. The number of nitrogens with one attached hydrogen (secondary N) is 1. The van der Waals surface area contributed by atoms with Gasteiger partial charge in [-0.2, -0.15) is 0 Å². The van der Waals surface area contributed by atoms with Crippen molar-refractivity contribution in [3.8, 4) is 0 Å². The number of fused-ring (bicyclic) bond motifs is 1. The molecule has 3 rings (SSSR count). The summed E-state index contributed by atoms with van der Waals surface area (Å²) < 4.78 is 24.6. The van der Waals surface area contributed by atoms with Gasteiger partial charge < -0.3 is 9.88 Å². The average molecular weight is 329 g/mol. The summed E-state index contributed by atoms with van der Waals surface area (Å²) in [6, 6.07) is 13.6. The van der Waals surface area contributed by atoms with Crippen LogP contribution in [0, 0.1) is 0 Å². The quantitative estimate of drug-likeness (QED) is 0.794. The van der Waals surface area contributed by atoms with Gasteiger partial charge in [0.2, 0.25) is 5.91 Å². The molecular formula is C16H15N3O3S. The lowest BCUT2D eigenvalue weighted by molar-refractivity contribution is -0.116. The lowest BCUT2D eigenvalue weighted by Crippen LogP contribution is -2.18. The number of para-hydroxylation sites is 2. The van der Waals surface area contributed by atoms with Crippen LogP contribution in [0.3, 0.4) is 0 Å². The number of sulfone groups is 1. The molecule has 7 heteroatoms. The van der Waals surface area contributed by atoms with Crippen molar-refractivity contribution in [2.45, 2.75) is 11.4 Å². The van der Waals surface area contributed by atoms with E-state index in [0.29, 0.717) is 5.69 Å². The molecule has 1 N–H and O–H groups in total. The lowest BCUT2D eigenvalue weighted by atomic mass is 10.3. The molecule has 0 unspecified atom stereocenters. The van der Waals surface area contributed by atoms with E-state index in [-0.39, 0.29) is 17.3 Å². The monoisotopic (exact) mass is 329 g/mol. The van der Waals surface area contributed by atoms with E-state index in [4.69, 9.17) is 0 Å². The van der Waals surface area contributed by atoms with Crippen molar-refractivity contribution in [3.63, 3.8) is 0 Å². The van der Waals surface area contributed by atoms with Crippen molar-refractivity contribution < 1.29 is 13.2 Å². The van der Waals surface area contributed by atoms with Crippen LogP contribution >= 0.6 is 0 Å². The summed E-state index contributed by atoms with van der Waals surface area (Å²) in [4.78, 5) is 16.6. The maximum Gasteiger partial charge on any atom is 0.244 e. The number of carbonyl (C=O) groups excluding carboxylic acids is 1. The van der Waals surface area contributed by atoms with E-state index < -0.39 is 9.84 Å². The van der Waals surface area contributed by atoms with Gasteiger partial charge in [-0.3, -0.25) is 4.79 Å². The molecule has 0 aliphatic carbocycles. The summed E-state index contributed by atoms with van der Waals surface area (Å²) in [5.41, 5.74) is 2.26. The van der Waals surface area contributed by atoms with Gasteiger partial charge in [0.05, 0.1) is 22.3 Å². The number of hydrogen-bond acceptors (Lipinski definition) is 4. The smallest absolute Gasteiger partial charge is 0.244 e. The highest BCUT2D eigenvalue weighted by atomic mass is 32.2. The summed E-state index contributed by atoms with van der Waals surface area (Å²) in [6.45, 7) is 0.133. The highest BCUT2D eigenvalue weighted by Gasteiger charge is 2.09. The van der Waals surface area contributed by atoms with Crippen LogP contribution in [0.2, 0.25) is 0 Å². The molecule has 2 aromatic carbocycles. The van der Waals surface area contributed by atoms with E-state index in [1.807, 2.05) is 24.3 Å². The highest BCUT2D eigenvalue weighted by Crippen LogP contribution is 2.15. The van der Waals surface area contributed by atoms with Crippen LogP contribution in [0.1, 0.15) is 0 Å². The summed E-state index contributed by atoms with van der Waals surface area (Å²) in [7, 11) is -3.24. The summed E-state index contributed by atoms with van der Waals surface area (Å²) in [5, 5.41) is 2.74. The molecule has 6 nitrogen and oxygen atoms in total. The Labute approximate surface area is 133 Å². The van der Waals surface area contributed by atoms with Crippen molar-refractivity contribution in [2.24, 2.45) is 0 Å². The molecule has 1 aromatic heterocycles. The van der Waals surface area contributed by atoms with Gasteiger partial charge in [0.25, 0.3) is 0 Å². The molecule has 23 heavy (non-hydrogen) atoms. The fourth-order valence-electron chi connectivity index (χ4n) is 2.28. The van der Waals surface area contributed by atoms with Gasteiger partial charge >= 0.3 is 0 Å². The van der Waals surface area contributed by atoms with Gasteiger partial charge in [-0.25, -0.2) is 13.4 Å². The Morgan fingerprint density at radius 3 is 2.52 bits per heavy atom. The minimum atomic E-state index is -3.24. The number of rotatable bonds is 4. The summed E-state index contributed by atoms with van der Waals surface area (Å²) in [5.74, 6) is -0.208. The molecule has 0 spiro atoms. The Morgan fingerprint density at radius 1 is 1.13 bits per heavy atom. The predicted molar refractivity (Wildman–Crippen MR) is 87.9 cm³/mol. The van der Waals surface area contributed by atoms with E-state index in [2.05, 4.69) is 10.3 Å². The molecule has 1 amide bonds. The maximum absolute atomic E-state index is 12.1. The normalized spacial score (nSPS) is 11.5. The third-order valence-electron chi connectivity index (χ3n) is 3.41. The van der Waals surface area contributed by atoms with Crippen molar-refractivity contribution in [1.82, 2.24) is 9.55 Å². The Balaban J connectivity index is 1.72. The van der Waals surface area contributed by atoms with E-state index in [0.717, 1.165) is 17.3 Å². The highest BCUT2D eigenvalue weighted by molar-refractivity contribution is 7.90. The fraction of sp³-hybridized carbons (Fsp3) is 0.125. The molecular weight excluding hydrogens is 314 g/mol. The summed E-state index contributed by atoms with van der Waals surface area (Å²) in [6.07, 6.45) is 2.77. The molecule has 0 saturated heterocycles. The van der Waals surface area contributed by atoms with Gasteiger partial charge in [-0.15, -0.1) is 0 Å². The lowest BCUT2D eigenvalue weighted by Gasteiger charge is -2.07. The first-order chi connectivity index (χ1) is 10.9. The Bertz CT molecular complexity index is 960. The largest absolute Gasteiger partial charge is 0.325 e. The third kappa shape index (κ3) is 3.40. The minimum Gasteiger partial charge on any atom is -0.325 e. The van der Waals surface area contributed by atoms with Crippen LogP contribution in [0.15, 0.2) is 59.8 Å². The first-order valence-electron chi connectivity index (χ1n) is 6.93. The Kier molecular flexibility index (Phi) is 3.87. The zero-order chi connectivity index (χ0) is 16.4. The number of nitrogens with zero attached hydrogens (tertiary/aromatic N) is 2. The standard InChI is InChI=1S/C16H15N3O3S/c1-23(21,22)13-8-6-12(7-9-13)18-16(20)10-19-11-17-14-4-2-3-5-15(14)19/h2-9,11H,10H2,1H3,(H,18,20). The molecule has 0 bridgehead atoms. The average Bonchev–Trinajstić information content (AvgIpc) is 2.90. The number of anilines is 1. The third-order valence-corrected chi connectivity index (χ3v) is 4.54. The van der Waals surface area contributed by atoms with Crippen LogP contribution in [-0.4, -0.2) is 30.1 Å². The van der Waals surface area contributed by atoms with Crippen molar-refractivity contribution in [1.29, 1.82) is 0 Å². The molecule has 0 atom stereocenters. The fourth-order valence-corrected chi connectivity index (χ4v) is 2.91. The van der Waals surface area contributed by atoms with Crippen LogP contribution in [-0.2, 0) is 21.2 Å². The van der Waals surface area contributed by atoms with Gasteiger partial charge in [0.15, 0.2) is 9.84 Å². The number of carbonyl (C=O) groups is 1. The first-order valence-corrected chi connectivity index (χ1v) is 8.82. The summed E-state index contributed by atoms with van der Waals surface area (Å²) >= 11 is 0. The first kappa shape index (κ1) is 15.2. The molecule has 0 saturated carbocycles. The maximum atomic E-state index is 12.1. The SMILES string of the molecule is CS(=O)(=O)c1ccc(NC(=O)Cn2cnc3ccccc32)cc1. The van der Waals surface area contributed by atoms with Crippen LogP contribution in [0.5, 0.6) is 0 Å².